The molecule has 2 N–H and O–H groups in total. The fourth-order valence-electron chi connectivity index (χ4n) is 8.28. The topological polar surface area (TPSA) is 141 Å². The zero-order valence-electron chi connectivity index (χ0n) is 33.5. The third kappa shape index (κ3) is 8.49. The number of fused-ring (bicyclic) bond motifs is 2. The van der Waals surface area contributed by atoms with Gasteiger partial charge in [0.25, 0.3) is 23.6 Å². The van der Waals surface area contributed by atoms with Crippen molar-refractivity contribution >= 4 is 67.8 Å². The van der Waals surface area contributed by atoms with Crippen molar-refractivity contribution in [3.8, 4) is 0 Å². The maximum Gasteiger partial charge on any atom is 0.261 e. The van der Waals surface area contributed by atoms with Crippen molar-refractivity contribution in [3.63, 3.8) is 0 Å². The lowest BCUT2D eigenvalue weighted by molar-refractivity contribution is -0.695. The van der Waals surface area contributed by atoms with Crippen molar-refractivity contribution in [1.82, 2.24) is 20.4 Å². The van der Waals surface area contributed by atoms with Gasteiger partial charge in [-0.1, -0.05) is 36.4 Å². The lowest BCUT2D eigenvalue weighted by Gasteiger charge is -2.32. The Hall–Kier alpha value is -6.82. The molecule has 0 spiro atoms. The van der Waals surface area contributed by atoms with Gasteiger partial charge in [0, 0.05) is 108 Å². The molecule has 8 rings (SSSR count). The SMILES string of the molecule is O=C(CCCCN1C(=O)c2ccc3c4c(ccc(c24)C1=O)C(=O)N(CCCCC(=O)NCCC[n+]1ccc2ccccc2c1)C3=O)NCCC[n+]1ccc2ccccc2c1. The molecular weight excluding hydrogens is 757 g/mol. The van der Waals surface area contributed by atoms with Crippen LogP contribution < -0.4 is 19.8 Å². The van der Waals surface area contributed by atoms with Crippen LogP contribution in [0.4, 0.5) is 0 Å². The summed E-state index contributed by atoms with van der Waals surface area (Å²) in [7, 11) is 0. The van der Waals surface area contributed by atoms with E-state index in [1.165, 1.54) is 20.6 Å². The summed E-state index contributed by atoms with van der Waals surface area (Å²) in [5, 5.41) is 11.3. The maximum absolute atomic E-state index is 13.7. The molecule has 2 aliphatic heterocycles. The van der Waals surface area contributed by atoms with Gasteiger partial charge in [0.2, 0.25) is 11.8 Å². The predicted molar refractivity (Wildman–Crippen MR) is 226 cm³/mol. The predicted octanol–water partition coefficient (Wildman–Crippen LogP) is 5.67. The number of pyridine rings is 2. The number of unbranched alkanes of at least 4 members (excludes halogenated alkanes) is 2. The van der Waals surface area contributed by atoms with Crippen LogP contribution in [0.15, 0.2) is 110 Å². The van der Waals surface area contributed by atoms with Gasteiger partial charge in [-0.05, 0) is 72.9 Å². The van der Waals surface area contributed by atoms with E-state index in [-0.39, 0.29) is 60.0 Å². The summed E-state index contributed by atoms with van der Waals surface area (Å²) in [5.74, 6) is -2.10. The molecule has 0 saturated carbocycles. The Balaban J connectivity index is 0.780. The number of imide groups is 2. The lowest BCUT2D eigenvalue weighted by atomic mass is 9.86. The number of nitrogens with one attached hydrogen (secondary N) is 2. The molecule has 0 bridgehead atoms. The Labute approximate surface area is 347 Å². The summed E-state index contributed by atoms with van der Waals surface area (Å²) in [6.07, 6.45) is 12.3. The number of hydrogen-bond donors (Lipinski definition) is 2. The Morgan fingerprint density at radius 1 is 0.450 bits per heavy atom. The third-order valence-corrected chi connectivity index (χ3v) is 11.5. The van der Waals surface area contributed by atoms with E-state index in [4.69, 9.17) is 0 Å². The number of carbonyl (C=O) groups excluding carboxylic acids is 6. The van der Waals surface area contributed by atoms with Crippen molar-refractivity contribution in [1.29, 1.82) is 0 Å². The van der Waals surface area contributed by atoms with E-state index in [2.05, 4.69) is 68.6 Å². The monoisotopic (exact) mass is 804 g/mol. The van der Waals surface area contributed by atoms with Gasteiger partial charge >= 0.3 is 0 Å². The number of aryl methyl sites for hydroxylation is 2. The fraction of sp³-hybridized carbons (Fsp3) is 0.292. The zero-order chi connectivity index (χ0) is 41.6. The van der Waals surface area contributed by atoms with E-state index in [1.54, 1.807) is 24.3 Å². The summed E-state index contributed by atoms with van der Waals surface area (Å²) < 4.78 is 4.22. The van der Waals surface area contributed by atoms with E-state index >= 15 is 0 Å². The number of carbonyl (C=O) groups is 6. The van der Waals surface area contributed by atoms with Gasteiger partial charge in [0.1, 0.15) is 13.1 Å². The van der Waals surface area contributed by atoms with Crippen LogP contribution in [0, 0.1) is 0 Å². The molecule has 0 radical (unpaired) electrons. The number of rotatable bonds is 18. The molecule has 4 aromatic carbocycles. The standard InChI is InChI=1S/C48H46N6O6/c55-41(49-23-9-25-51-29-21-33-11-1-3-13-35(33)31-51)15-5-7-27-53-45(57)37-17-19-39-44-40(20-18-38(43(37)44)46(53)58)48(60)54(47(39)59)28-8-6-16-42(56)50-24-10-26-52-30-22-34-12-2-4-14-36(34)32-52/h1-4,11-14,17-22,29-32H,5-10,15-16,23-28H2/p+2. The third-order valence-electron chi connectivity index (χ3n) is 11.5. The summed E-state index contributed by atoms with van der Waals surface area (Å²) in [4.78, 5) is 82.2. The molecule has 2 aromatic heterocycles. The van der Waals surface area contributed by atoms with Crippen LogP contribution in [0.1, 0.15) is 92.8 Å². The zero-order valence-corrected chi connectivity index (χ0v) is 33.5. The normalized spacial score (nSPS) is 13.5. The van der Waals surface area contributed by atoms with Crippen molar-refractivity contribution in [2.75, 3.05) is 26.2 Å². The number of nitrogens with zero attached hydrogens (tertiary/aromatic N) is 4. The van der Waals surface area contributed by atoms with Gasteiger partial charge in [-0.15, -0.1) is 0 Å². The summed E-state index contributed by atoms with van der Waals surface area (Å²) >= 11 is 0. The first-order valence-electron chi connectivity index (χ1n) is 20.9. The van der Waals surface area contributed by atoms with E-state index in [9.17, 15) is 28.8 Å². The first-order valence-corrected chi connectivity index (χ1v) is 20.9. The van der Waals surface area contributed by atoms with E-state index in [0.717, 1.165) is 36.7 Å². The Morgan fingerprint density at radius 2 is 0.817 bits per heavy atom. The second-order valence-corrected chi connectivity index (χ2v) is 15.5. The van der Waals surface area contributed by atoms with Crippen molar-refractivity contribution in [2.45, 2.75) is 64.5 Å². The van der Waals surface area contributed by atoms with E-state index < -0.39 is 23.6 Å². The molecule has 0 unspecified atom stereocenters. The lowest BCUT2D eigenvalue weighted by Crippen LogP contribution is -2.43. The molecule has 304 valence electrons. The highest BCUT2D eigenvalue weighted by Gasteiger charge is 2.39. The van der Waals surface area contributed by atoms with Crippen molar-refractivity contribution in [3.05, 3.63) is 132 Å². The highest BCUT2D eigenvalue weighted by Crippen LogP contribution is 2.38. The van der Waals surface area contributed by atoms with Crippen molar-refractivity contribution in [2.24, 2.45) is 0 Å². The van der Waals surface area contributed by atoms with Crippen LogP contribution in [0.5, 0.6) is 0 Å². The molecule has 12 nitrogen and oxygen atoms in total. The van der Waals surface area contributed by atoms with Crippen LogP contribution in [-0.2, 0) is 22.7 Å². The number of aromatic nitrogens is 2. The van der Waals surface area contributed by atoms with Crippen LogP contribution in [0.3, 0.4) is 0 Å². The Morgan fingerprint density at radius 3 is 1.20 bits per heavy atom. The molecule has 60 heavy (non-hydrogen) atoms. The minimum atomic E-state index is -0.486. The maximum atomic E-state index is 13.7. The molecular formula is C48H48N6O6+2. The minimum Gasteiger partial charge on any atom is -0.356 e. The smallest absolute Gasteiger partial charge is 0.261 e. The summed E-state index contributed by atoms with van der Waals surface area (Å²) in [5.41, 5.74) is 1.07. The van der Waals surface area contributed by atoms with E-state index in [0.29, 0.717) is 49.5 Å². The summed E-state index contributed by atoms with van der Waals surface area (Å²) in [6.45, 7) is 2.92. The molecule has 0 atom stereocenters. The minimum absolute atomic E-state index is 0.0769. The largest absolute Gasteiger partial charge is 0.356 e. The molecule has 2 aliphatic rings. The molecule has 6 aromatic rings. The van der Waals surface area contributed by atoms with Crippen molar-refractivity contribution < 1.29 is 37.9 Å². The van der Waals surface area contributed by atoms with Gasteiger partial charge in [-0.25, -0.2) is 9.13 Å². The van der Waals surface area contributed by atoms with Crippen LogP contribution >= 0.6 is 0 Å². The molecule has 4 heterocycles. The van der Waals surface area contributed by atoms with Gasteiger partial charge in [0.15, 0.2) is 24.8 Å². The van der Waals surface area contributed by atoms with E-state index in [1.807, 2.05) is 36.7 Å². The highest BCUT2D eigenvalue weighted by atomic mass is 16.2. The first kappa shape index (κ1) is 40.0. The second kappa shape index (κ2) is 18.0. The summed E-state index contributed by atoms with van der Waals surface area (Å²) in [6, 6.07) is 26.8. The number of amides is 6. The number of hydrogen-bond acceptors (Lipinski definition) is 6. The van der Waals surface area contributed by atoms with Gasteiger partial charge in [0.05, 0.1) is 0 Å². The first-order chi connectivity index (χ1) is 29.3. The second-order valence-electron chi connectivity index (χ2n) is 15.5. The molecule has 12 heteroatoms. The Kier molecular flexibility index (Phi) is 12.0. The van der Waals surface area contributed by atoms with Crippen LogP contribution in [0.2, 0.25) is 0 Å². The fourth-order valence-corrected chi connectivity index (χ4v) is 8.28. The van der Waals surface area contributed by atoms with Crippen LogP contribution in [0.25, 0.3) is 32.3 Å². The van der Waals surface area contributed by atoms with Gasteiger partial charge in [-0.2, -0.15) is 0 Å². The average Bonchev–Trinajstić information content (AvgIpc) is 3.27. The Bertz CT molecular complexity index is 2420. The molecule has 0 fully saturated rings. The highest BCUT2D eigenvalue weighted by molar-refractivity contribution is 6.33. The molecule has 6 amide bonds. The quantitative estimate of drug-likeness (QED) is 0.0653. The molecule has 0 aliphatic carbocycles. The van der Waals surface area contributed by atoms with Gasteiger partial charge < -0.3 is 10.6 Å². The number of benzene rings is 4. The van der Waals surface area contributed by atoms with Crippen LogP contribution in [-0.4, -0.2) is 71.4 Å². The van der Waals surface area contributed by atoms with Gasteiger partial charge in [-0.3, -0.25) is 38.6 Å². The average molecular weight is 805 g/mol. The molecule has 0 saturated heterocycles.